The number of guanidine groups is 1. The van der Waals surface area contributed by atoms with Crippen molar-refractivity contribution < 1.29 is 27.3 Å². The monoisotopic (exact) mass is 382 g/mol. The van der Waals surface area contributed by atoms with Crippen molar-refractivity contribution in [3.05, 3.63) is 0 Å². The van der Waals surface area contributed by atoms with Crippen molar-refractivity contribution in [2.24, 2.45) is 4.99 Å². The quantitative estimate of drug-likeness (QED) is 0.405. The second-order valence-electron chi connectivity index (χ2n) is 6.25. The summed E-state index contributed by atoms with van der Waals surface area (Å²) in [6.07, 6.45) is 0.0796. The molecule has 0 radical (unpaired) electrons. The van der Waals surface area contributed by atoms with Gasteiger partial charge < -0.3 is 14.2 Å². The fourth-order valence-electron chi connectivity index (χ4n) is 1.91. The van der Waals surface area contributed by atoms with E-state index >= 15 is 0 Å². The van der Waals surface area contributed by atoms with Crippen molar-refractivity contribution in [3.63, 3.8) is 0 Å². The third-order valence-electron chi connectivity index (χ3n) is 2.74. The van der Waals surface area contributed by atoms with Gasteiger partial charge in [-0.05, 0) is 27.2 Å². The zero-order chi connectivity index (χ0) is 18.5. The minimum absolute atomic E-state index is 0.251. The summed E-state index contributed by atoms with van der Waals surface area (Å²) in [5, 5.41) is 2.18. The van der Waals surface area contributed by atoms with Crippen molar-refractivity contribution >= 4 is 37.6 Å². The highest BCUT2D eigenvalue weighted by Crippen LogP contribution is 2.17. The number of sulfonamides is 1. The lowest BCUT2D eigenvalue weighted by Gasteiger charge is -2.24. The number of carbonyl (C=O) groups is 2. The van der Waals surface area contributed by atoms with Gasteiger partial charge in [0, 0.05) is 13.1 Å². The van der Waals surface area contributed by atoms with E-state index in [1.807, 2.05) is 0 Å². The van der Waals surface area contributed by atoms with Crippen molar-refractivity contribution in [2.75, 3.05) is 19.3 Å². The van der Waals surface area contributed by atoms with Crippen LogP contribution >= 0.6 is 9.47 Å². The number of hydrogen-bond acceptors (Lipinski definition) is 7. The fourth-order valence-corrected chi connectivity index (χ4v) is 2.42. The lowest BCUT2D eigenvalue weighted by Crippen LogP contribution is -2.44. The molecule has 0 aromatic carbocycles. The molecule has 12 heteroatoms. The molecule has 0 aliphatic carbocycles. The third kappa shape index (κ3) is 7.78. The molecule has 1 saturated heterocycles. The smallest absolute Gasteiger partial charge is 0.416 e. The molecule has 1 aliphatic heterocycles. The molecule has 1 unspecified atom stereocenters. The summed E-state index contributed by atoms with van der Waals surface area (Å²) >= 11 is 0. The molecule has 0 saturated carbocycles. The Balaban J connectivity index is 2.77. The predicted octanol–water partition coefficient (Wildman–Crippen LogP) is 0.417. The summed E-state index contributed by atoms with van der Waals surface area (Å²) in [4.78, 5) is 28.9. The van der Waals surface area contributed by atoms with Crippen LogP contribution in [0.1, 0.15) is 27.2 Å². The Hall–Kier alpha value is -1.61. The SMILES string of the molecule is CC(C)(C)OC(=O)N1CC[C@H](N=C(NC(=O)OP)NS(C)(=O)=O)C1. The highest BCUT2D eigenvalue weighted by Gasteiger charge is 2.30. The molecule has 138 valence electrons. The minimum atomic E-state index is -3.64. The highest BCUT2D eigenvalue weighted by atomic mass is 32.2. The first-order chi connectivity index (χ1) is 10.9. The van der Waals surface area contributed by atoms with E-state index in [2.05, 4.69) is 19.6 Å². The molecule has 1 heterocycles. The summed E-state index contributed by atoms with van der Waals surface area (Å²) in [6.45, 7) is 5.97. The topological polar surface area (TPSA) is 126 Å². The molecule has 0 aromatic rings. The van der Waals surface area contributed by atoms with E-state index in [0.717, 1.165) is 6.26 Å². The molecule has 2 amide bonds. The molecule has 1 fully saturated rings. The van der Waals surface area contributed by atoms with Crippen LogP contribution in [0.5, 0.6) is 0 Å². The summed E-state index contributed by atoms with van der Waals surface area (Å²) < 4.78 is 34.4. The van der Waals surface area contributed by atoms with Gasteiger partial charge in [-0.25, -0.2) is 23.0 Å². The van der Waals surface area contributed by atoms with E-state index in [4.69, 9.17) is 4.74 Å². The average Bonchev–Trinajstić information content (AvgIpc) is 2.83. The molecule has 1 aliphatic rings. The van der Waals surface area contributed by atoms with Crippen LogP contribution in [0.4, 0.5) is 9.59 Å². The minimum Gasteiger partial charge on any atom is -0.444 e. The summed E-state index contributed by atoms with van der Waals surface area (Å²) in [5.41, 5.74) is -0.606. The first-order valence-corrected chi connectivity index (χ1v) is 9.47. The number of aliphatic imine (C=N–C) groups is 1. The number of rotatable bonds is 2. The van der Waals surface area contributed by atoms with Crippen molar-refractivity contribution in [3.8, 4) is 0 Å². The zero-order valence-electron chi connectivity index (χ0n) is 14.0. The van der Waals surface area contributed by atoms with Crippen LogP contribution in [-0.2, 0) is 19.3 Å². The fraction of sp³-hybridized carbons (Fsp3) is 0.750. The van der Waals surface area contributed by atoms with Crippen LogP contribution in [0.15, 0.2) is 4.99 Å². The van der Waals surface area contributed by atoms with Crippen LogP contribution in [0, 0.1) is 0 Å². The molecule has 1 rings (SSSR count). The maximum atomic E-state index is 12.0. The lowest BCUT2D eigenvalue weighted by molar-refractivity contribution is 0.0292. The number of hydrogen-bond donors (Lipinski definition) is 2. The largest absolute Gasteiger partial charge is 0.444 e. The lowest BCUT2D eigenvalue weighted by atomic mass is 10.2. The van der Waals surface area contributed by atoms with Crippen molar-refractivity contribution in [2.45, 2.75) is 38.8 Å². The van der Waals surface area contributed by atoms with E-state index < -0.39 is 27.8 Å². The maximum Gasteiger partial charge on any atom is 0.416 e. The molecule has 0 spiro atoms. The standard InChI is InChI=1S/C12H23N4O6PS/c1-12(2,3)21-11(18)16-6-5-8(7-16)13-9(14-10(17)22-23)15-24(4,19)20/h8H,5-7,23H2,1-4H3,(H2,13,14,15,17)/t8-/m0/s1. The summed E-state index contributed by atoms with van der Waals surface area (Å²) in [5.74, 6) is -0.263. The molecule has 0 bridgehead atoms. The number of ether oxygens (including phenoxy) is 1. The molecular formula is C12H23N4O6PS. The maximum absolute atomic E-state index is 12.0. The number of carbonyl (C=O) groups excluding carboxylic acids is 2. The first-order valence-electron chi connectivity index (χ1n) is 7.11. The Morgan fingerprint density at radius 2 is 1.96 bits per heavy atom. The second kappa shape index (κ2) is 7.98. The van der Waals surface area contributed by atoms with Crippen molar-refractivity contribution in [1.82, 2.24) is 14.9 Å². The Kier molecular flexibility index (Phi) is 6.79. The van der Waals surface area contributed by atoms with Gasteiger partial charge in [0.15, 0.2) is 0 Å². The van der Waals surface area contributed by atoms with Gasteiger partial charge >= 0.3 is 12.2 Å². The van der Waals surface area contributed by atoms with Crippen LogP contribution in [0.2, 0.25) is 0 Å². The Morgan fingerprint density at radius 3 is 2.46 bits per heavy atom. The van der Waals surface area contributed by atoms with Crippen LogP contribution in [0.25, 0.3) is 0 Å². The number of likely N-dealkylation sites (tertiary alicyclic amines) is 1. The van der Waals surface area contributed by atoms with Gasteiger partial charge in [-0.3, -0.25) is 10.0 Å². The van der Waals surface area contributed by atoms with E-state index in [-0.39, 0.29) is 18.5 Å². The second-order valence-corrected chi connectivity index (χ2v) is 8.24. The van der Waals surface area contributed by atoms with Gasteiger partial charge in [0.05, 0.1) is 21.8 Å². The molecular weight excluding hydrogens is 359 g/mol. The molecule has 24 heavy (non-hydrogen) atoms. The normalized spacial score (nSPS) is 19.0. The van der Waals surface area contributed by atoms with E-state index in [1.54, 1.807) is 30.2 Å². The Morgan fingerprint density at radius 1 is 1.33 bits per heavy atom. The Labute approximate surface area is 143 Å². The predicted molar refractivity (Wildman–Crippen MR) is 91.0 cm³/mol. The van der Waals surface area contributed by atoms with E-state index in [0.29, 0.717) is 13.0 Å². The summed E-state index contributed by atoms with van der Waals surface area (Å²) in [7, 11) is -1.90. The highest BCUT2D eigenvalue weighted by molar-refractivity contribution is 7.89. The molecule has 0 aromatic heterocycles. The van der Waals surface area contributed by atoms with Gasteiger partial charge in [-0.1, -0.05) is 0 Å². The molecule has 2 N–H and O–H groups in total. The van der Waals surface area contributed by atoms with Crippen LogP contribution in [0.3, 0.4) is 0 Å². The molecule has 10 nitrogen and oxygen atoms in total. The van der Waals surface area contributed by atoms with E-state index in [9.17, 15) is 18.0 Å². The van der Waals surface area contributed by atoms with E-state index in [1.165, 1.54) is 4.90 Å². The number of nitrogens with one attached hydrogen (secondary N) is 2. The van der Waals surface area contributed by atoms with Crippen LogP contribution < -0.4 is 10.0 Å². The van der Waals surface area contributed by atoms with Gasteiger partial charge in [0.1, 0.15) is 5.60 Å². The van der Waals surface area contributed by atoms with Gasteiger partial charge in [0.2, 0.25) is 16.0 Å². The Bertz CT molecular complexity index is 616. The molecule has 2 atom stereocenters. The summed E-state index contributed by atoms with van der Waals surface area (Å²) in [6, 6.07) is -0.383. The van der Waals surface area contributed by atoms with Crippen molar-refractivity contribution in [1.29, 1.82) is 0 Å². The zero-order valence-corrected chi connectivity index (χ0v) is 16.0. The van der Waals surface area contributed by atoms with Gasteiger partial charge in [-0.15, -0.1) is 0 Å². The van der Waals surface area contributed by atoms with Gasteiger partial charge in [-0.2, -0.15) is 0 Å². The number of amides is 2. The third-order valence-corrected chi connectivity index (χ3v) is 3.51. The van der Waals surface area contributed by atoms with Gasteiger partial charge in [0.25, 0.3) is 0 Å². The number of nitrogens with zero attached hydrogens (tertiary/aromatic N) is 2. The first kappa shape index (κ1) is 20.4. The van der Waals surface area contributed by atoms with Crippen LogP contribution in [-0.4, -0.2) is 62.5 Å². The average molecular weight is 382 g/mol.